The van der Waals surface area contributed by atoms with E-state index in [-0.39, 0.29) is 18.4 Å². The van der Waals surface area contributed by atoms with Crippen molar-refractivity contribution in [3.05, 3.63) is 77.3 Å². The van der Waals surface area contributed by atoms with Crippen molar-refractivity contribution in [1.82, 2.24) is 14.5 Å². The first-order valence-corrected chi connectivity index (χ1v) is 11.6. The third-order valence-corrected chi connectivity index (χ3v) is 6.71. The molecular weight excluding hydrogens is 426 g/mol. The Morgan fingerprint density at radius 3 is 2.53 bits per heavy atom. The molecule has 0 bridgehead atoms. The molecule has 3 heterocycles. The van der Waals surface area contributed by atoms with Crippen LogP contribution < -0.4 is 5.32 Å². The van der Waals surface area contributed by atoms with Crippen LogP contribution in [-0.4, -0.2) is 40.0 Å². The van der Waals surface area contributed by atoms with Crippen LogP contribution in [-0.2, 0) is 4.79 Å². The van der Waals surface area contributed by atoms with Gasteiger partial charge in [-0.1, -0.05) is 30.3 Å². The van der Waals surface area contributed by atoms with Crippen molar-refractivity contribution in [2.24, 2.45) is 0 Å². The Kier molecular flexibility index (Phi) is 5.91. The van der Waals surface area contributed by atoms with E-state index in [1.165, 1.54) is 0 Å². The number of carbonyl (C=O) groups is 1. The number of fused-ring (bicyclic) bond motifs is 1. The summed E-state index contributed by atoms with van der Waals surface area (Å²) in [7, 11) is 0. The number of oxazole rings is 1. The summed E-state index contributed by atoms with van der Waals surface area (Å²) in [6, 6.07) is 19.9. The lowest BCUT2D eigenvalue weighted by Crippen LogP contribution is -2.39. The van der Waals surface area contributed by atoms with E-state index >= 15 is 0 Å². The zero-order chi connectivity index (χ0) is 23.7. The molecule has 0 saturated carbocycles. The van der Waals surface area contributed by atoms with Gasteiger partial charge in [0.2, 0.25) is 5.91 Å². The van der Waals surface area contributed by atoms with E-state index < -0.39 is 0 Å². The van der Waals surface area contributed by atoms with Crippen molar-refractivity contribution >= 4 is 22.8 Å². The topological polar surface area (TPSA) is 87.1 Å². The van der Waals surface area contributed by atoms with Crippen LogP contribution in [0.4, 0.5) is 5.82 Å². The van der Waals surface area contributed by atoms with Crippen molar-refractivity contribution in [2.45, 2.75) is 32.6 Å². The van der Waals surface area contributed by atoms with E-state index in [1.807, 2.05) is 73.0 Å². The van der Waals surface area contributed by atoms with Gasteiger partial charge in [-0.05, 0) is 69.6 Å². The second-order valence-electron chi connectivity index (χ2n) is 8.84. The monoisotopic (exact) mass is 453 g/mol. The van der Waals surface area contributed by atoms with E-state index in [0.29, 0.717) is 11.4 Å². The first-order valence-electron chi connectivity index (χ1n) is 11.6. The molecule has 34 heavy (non-hydrogen) atoms. The van der Waals surface area contributed by atoms with Crippen LogP contribution in [0.3, 0.4) is 0 Å². The number of benzene rings is 2. The largest absolute Gasteiger partial charge is 0.440 e. The molecule has 4 aromatic rings. The van der Waals surface area contributed by atoms with E-state index in [0.717, 1.165) is 59.9 Å². The number of rotatable bonds is 5. The highest BCUT2D eigenvalue weighted by molar-refractivity contribution is 5.93. The highest BCUT2D eigenvalue weighted by Gasteiger charge is 2.27. The number of nitrogens with zero attached hydrogens (tertiary/aromatic N) is 4. The summed E-state index contributed by atoms with van der Waals surface area (Å²) in [5, 5.41) is 12.8. The first-order chi connectivity index (χ1) is 16.5. The Morgan fingerprint density at radius 1 is 1.12 bits per heavy atom. The van der Waals surface area contributed by atoms with Gasteiger partial charge in [-0.15, -0.1) is 0 Å². The van der Waals surface area contributed by atoms with Crippen molar-refractivity contribution in [3.63, 3.8) is 0 Å². The molecule has 0 unspecified atom stereocenters. The summed E-state index contributed by atoms with van der Waals surface area (Å²) in [5.74, 6) is 1.47. The summed E-state index contributed by atoms with van der Waals surface area (Å²) >= 11 is 0. The van der Waals surface area contributed by atoms with Gasteiger partial charge in [0.15, 0.2) is 11.5 Å². The fourth-order valence-corrected chi connectivity index (χ4v) is 4.74. The Bertz CT molecular complexity index is 1340. The number of hydrogen-bond acceptors (Lipinski definition) is 5. The van der Waals surface area contributed by atoms with Crippen LogP contribution >= 0.6 is 0 Å². The van der Waals surface area contributed by atoms with Crippen LogP contribution in [0.15, 0.2) is 59.0 Å². The average Bonchev–Trinajstić information content (AvgIpc) is 3.39. The number of nitriles is 1. The number of hydrogen-bond donors (Lipinski definition) is 1. The molecule has 1 saturated heterocycles. The predicted octanol–water partition coefficient (Wildman–Crippen LogP) is 4.93. The molecule has 5 rings (SSSR count). The molecule has 0 atom stereocenters. The third-order valence-electron chi connectivity index (χ3n) is 6.71. The maximum Gasteiger partial charge on any atom is 0.239 e. The van der Waals surface area contributed by atoms with Gasteiger partial charge in [0, 0.05) is 17.3 Å². The molecule has 2 aromatic carbocycles. The number of carbonyl (C=O) groups excluding carboxylic acids is 1. The minimum absolute atomic E-state index is 0.119. The van der Waals surface area contributed by atoms with E-state index in [2.05, 4.69) is 21.3 Å². The summed E-state index contributed by atoms with van der Waals surface area (Å²) < 4.78 is 7.90. The lowest BCUT2D eigenvalue weighted by Gasteiger charge is -2.30. The molecule has 7 nitrogen and oxygen atoms in total. The van der Waals surface area contributed by atoms with E-state index in [9.17, 15) is 10.1 Å². The van der Waals surface area contributed by atoms with Gasteiger partial charge in [-0.25, -0.2) is 4.98 Å². The van der Waals surface area contributed by atoms with E-state index in [4.69, 9.17) is 4.42 Å². The molecule has 1 N–H and O–H groups in total. The van der Waals surface area contributed by atoms with Gasteiger partial charge in [0.1, 0.15) is 17.4 Å². The van der Waals surface area contributed by atoms with Crippen LogP contribution in [0.2, 0.25) is 0 Å². The molecule has 2 aromatic heterocycles. The van der Waals surface area contributed by atoms with Crippen LogP contribution in [0, 0.1) is 25.2 Å². The second-order valence-corrected chi connectivity index (χ2v) is 8.84. The maximum absolute atomic E-state index is 13.0. The van der Waals surface area contributed by atoms with Gasteiger partial charge in [0.25, 0.3) is 0 Å². The van der Waals surface area contributed by atoms with Gasteiger partial charge < -0.3 is 9.73 Å². The SMILES string of the molecule is Cc1c(C#N)c(NC(=O)CN2CCC(c3nc4ccccc4o3)CC2)n(-c2ccccc2)c1C. The Morgan fingerprint density at radius 2 is 1.82 bits per heavy atom. The van der Waals surface area contributed by atoms with Gasteiger partial charge >= 0.3 is 0 Å². The smallest absolute Gasteiger partial charge is 0.239 e. The molecule has 0 spiro atoms. The van der Waals surface area contributed by atoms with Gasteiger partial charge in [-0.3, -0.25) is 14.3 Å². The zero-order valence-electron chi connectivity index (χ0n) is 19.4. The number of likely N-dealkylation sites (tertiary alicyclic amines) is 1. The molecule has 0 radical (unpaired) electrons. The highest BCUT2D eigenvalue weighted by Crippen LogP contribution is 2.31. The minimum Gasteiger partial charge on any atom is -0.440 e. The number of para-hydroxylation sites is 3. The fourth-order valence-electron chi connectivity index (χ4n) is 4.74. The van der Waals surface area contributed by atoms with Crippen LogP contribution in [0.1, 0.15) is 41.5 Å². The summed E-state index contributed by atoms with van der Waals surface area (Å²) in [6.45, 7) is 5.75. The summed E-state index contributed by atoms with van der Waals surface area (Å²) in [6.07, 6.45) is 1.78. The fraction of sp³-hybridized carbons (Fsp3) is 0.296. The van der Waals surface area contributed by atoms with Crippen LogP contribution in [0.25, 0.3) is 16.8 Å². The van der Waals surface area contributed by atoms with Crippen molar-refractivity contribution < 1.29 is 9.21 Å². The Labute approximate surface area is 198 Å². The average molecular weight is 454 g/mol. The Hall–Kier alpha value is -3.89. The lowest BCUT2D eigenvalue weighted by atomic mass is 9.97. The molecule has 1 aliphatic rings. The number of aromatic nitrogens is 2. The number of amides is 1. The molecule has 0 aliphatic carbocycles. The number of piperidine rings is 1. The minimum atomic E-state index is -0.119. The quantitative estimate of drug-likeness (QED) is 0.463. The van der Waals surface area contributed by atoms with E-state index in [1.54, 1.807) is 0 Å². The molecule has 1 amide bonds. The molecule has 172 valence electrons. The lowest BCUT2D eigenvalue weighted by molar-refractivity contribution is -0.117. The molecular formula is C27H27N5O2. The highest BCUT2D eigenvalue weighted by atomic mass is 16.3. The second kappa shape index (κ2) is 9.16. The van der Waals surface area contributed by atoms with Gasteiger partial charge in [0.05, 0.1) is 12.1 Å². The third kappa shape index (κ3) is 4.09. The summed E-state index contributed by atoms with van der Waals surface area (Å²) in [4.78, 5) is 19.8. The molecule has 7 heteroatoms. The zero-order valence-corrected chi connectivity index (χ0v) is 19.4. The predicted molar refractivity (Wildman–Crippen MR) is 131 cm³/mol. The number of nitrogens with one attached hydrogen (secondary N) is 1. The normalized spacial score (nSPS) is 14.9. The van der Waals surface area contributed by atoms with Crippen molar-refractivity contribution in [2.75, 3.05) is 25.0 Å². The molecule has 1 aliphatic heterocycles. The standard InChI is InChI=1S/C27H27N5O2/c1-18-19(2)32(21-8-4-3-5-9-21)26(22(18)16-28)30-25(33)17-31-14-12-20(13-15-31)27-29-23-10-6-7-11-24(23)34-27/h3-11,20H,12-15,17H2,1-2H3,(H,30,33). The number of anilines is 1. The van der Waals surface area contributed by atoms with Crippen molar-refractivity contribution in [3.8, 4) is 11.8 Å². The molecule has 1 fully saturated rings. The summed E-state index contributed by atoms with van der Waals surface area (Å²) in [5.41, 5.74) is 4.95. The Balaban J connectivity index is 1.27. The van der Waals surface area contributed by atoms with Crippen LogP contribution in [0.5, 0.6) is 0 Å². The van der Waals surface area contributed by atoms with Gasteiger partial charge in [-0.2, -0.15) is 5.26 Å². The van der Waals surface area contributed by atoms with Crippen molar-refractivity contribution in [1.29, 1.82) is 5.26 Å². The maximum atomic E-state index is 13.0. The first kappa shape index (κ1) is 21.9.